The van der Waals surface area contributed by atoms with Gasteiger partial charge >= 0.3 is 6.03 Å². The van der Waals surface area contributed by atoms with E-state index in [1.54, 1.807) is 12.1 Å². The summed E-state index contributed by atoms with van der Waals surface area (Å²) in [6, 6.07) is 9.87. The quantitative estimate of drug-likeness (QED) is 0.605. The maximum absolute atomic E-state index is 13.3. The van der Waals surface area contributed by atoms with Crippen molar-refractivity contribution in [3.05, 3.63) is 53.8 Å². The third-order valence-electron chi connectivity index (χ3n) is 4.51. The van der Waals surface area contributed by atoms with Crippen LogP contribution in [0.4, 0.5) is 20.6 Å². The summed E-state index contributed by atoms with van der Waals surface area (Å²) in [6.07, 6.45) is 0.618. The van der Waals surface area contributed by atoms with Crippen LogP contribution < -0.4 is 15.5 Å². The molecular formula is C22H31FN4O3S. The molecule has 2 N–H and O–H groups in total. The predicted molar refractivity (Wildman–Crippen MR) is 122 cm³/mol. The highest BCUT2D eigenvalue weighted by atomic mass is 32.2. The molecule has 0 saturated carbocycles. The minimum absolute atomic E-state index is 0.0126. The molecule has 0 fully saturated rings. The molecule has 0 aliphatic heterocycles. The fraction of sp³-hybridized carbons (Fsp3) is 0.409. The van der Waals surface area contributed by atoms with Crippen LogP contribution in [0, 0.1) is 5.82 Å². The van der Waals surface area contributed by atoms with Crippen LogP contribution in [0.15, 0.2) is 47.4 Å². The van der Waals surface area contributed by atoms with Crippen molar-refractivity contribution >= 4 is 27.4 Å². The molecule has 0 atom stereocenters. The van der Waals surface area contributed by atoms with Crippen LogP contribution in [0.25, 0.3) is 0 Å². The van der Waals surface area contributed by atoms with E-state index in [1.807, 2.05) is 45.8 Å². The predicted octanol–water partition coefficient (Wildman–Crippen LogP) is 4.02. The zero-order chi connectivity index (χ0) is 23.2. The molecule has 2 aromatic carbocycles. The summed E-state index contributed by atoms with van der Waals surface area (Å²) in [4.78, 5) is 14.0. The van der Waals surface area contributed by atoms with E-state index in [-0.39, 0.29) is 23.5 Å². The lowest BCUT2D eigenvalue weighted by Gasteiger charge is -2.25. The zero-order valence-electron chi connectivity index (χ0n) is 18.6. The fourth-order valence-electron chi connectivity index (χ4n) is 3.13. The Morgan fingerprint density at radius 2 is 1.74 bits per heavy atom. The average molecular weight is 451 g/mol. The van der Waals surface area contributed by atoms with Crippen LogP contribution in [-0.2, 0) is 16.6 Å². The summed E-state index contributed by atoms with van der Waals surface area (Å²) in [5.74, 6) is -0.491. The molecule has 0 aliphatic rings. The average Bonchev–Trinajstić information content (AvgIpc) is 2.67. The Labute approximate surface area is 184 Å². The van der Waals surface area contributed by atoms with Gasteiger partial charge in [0, 0.05) is 44.6 Å². The van der Waals surface area contributed by atoms with Gasteiger partial charge in [-0.15, -0.1) is 0 Å². The van der Waals surface area contributed by atoms with E-state index in [0.29, 0.717) is 18.7 Å². The number of anilines is 2. The SMILES string of the molecule is CCCN(Cc1cc(NC(=O)NC(C)C)ccc1N(C)C)S(=O)(=O)c1ccc(F)cc1. The summed E-state index contributed by atoms with van der Waals surface area (Å²) in [7, 11) is -0.0818. The number of amides is 2. The highest BCUT2D eigenvalue weighted by Crippen LogP contribution is 2.27. The molecule has 0 unspecified atom stereocenters. The summed E-state index contributed by atoms with van der Waals surface area (Å²) in [6.45, 7) is 6.04. The molecule has 31 heavy (non-hydrogen) atoms. The second-order valence-corrected chi connectivity index (χ2v) is 9.72. The summed E-state index contributed by atoms with van der Waals surface area (Å²) in [5, 5.41) is 5.55. The van der Waals surface area contributed by atoms with Gasteiger partial charge in [-0.3, -0.25) is 0 Å². The van der Waals surface area contributed by atoms with Crippen LogP contribution >= 0.6 is 0 Å². The van der Waals surface area contributed by atoms with E-state index < -0.39 is 15.8 Å². The number of rotatable bonds is 9. The maximum Gasteiger partial charge on any atom is 0.319 e. The highest BCUT2D eigenvalue weighted by molar-refractivity contribution is 7.89. The first-order valence-electron chi connectivity index (χ1n) is 10.2. The van der Waals surface area contributed by atoms with Gasteiger partial charge in [-0.1, -0.05) is 6.92 Å². The minimum atomic E-state index is -3.82. The number of hydrogen-bond donors (Lipinski definition) is 2. The number of halogens is 1. The number of urea groups is 1. The highest BCUT2D eigenvalue weighted by Gasteiger charge is 2.25. The first kappa shape index (κ1) is 24.6. The molecular weight excluding hydrogens is 419 g/mol. The molecule has 0 aliphatic carbocycles. The number of benzene rings is 2. The molecule has 0 radical (unpaired) electrons. The van der Waals surface area contributed by atoms with Crippen molar-refractivity contribution in [2.45, 2.75) is 44.7 Å². The lowest BCUT2D eigenvalue weighted by molar-refractivity contribution is 0.250. The molecule has 9 heteroatoms. The van der Waals surface area contributed by atoms with Crippen molar-refractivity contribution in [1.82, 2.24) is 9.62 Å². The van der Waals surface area contributed by atoms with Gasteiger partial charge in [0.25, 0.3) is 0 Å². The van der Waals surface area contributed by atoms with Crippen molar-refractivity contribution in [3.63, 3.8) is 0 Å². The van der Waals surface area contributed by atoms with Gasteiger partial charge in [-0.2, -0.15) is 4.31 Å². The molecule has 0 aromatic heterocycles. The molecule has 2 rings (SSSR count). The van der Waals surface area contributed by atoms with Crippen LogP contribution in [0.3, 0.4) is 0 Å². The normalized spacial score (nSPS) is 11.6. The Kier molecular flexibility index (Phi) is 8.41. The van der Waals surface area contributed by atoms with Gasteiger partial charge in [-0.25, -0.2) is 17.6 Å². The van der Waals surface area contributed by atoms with Crippen LogP contribution in [0.1, 0.15) is 32.8 Å². The van der Waals surface area contributed by atoms with E-state index in [4.69, 9.17) is 0 Å². The number of nitrogens with zero attached hydrogens (tertiary/aromatic N) is 2. The molecule has 170 valence electrons. The lowest BCUT2D eigenvalue weighted by Crippen LogP contribution is -2.34. The van der Waals surface area contributed by atoms with Gasteiger partial charge in [0.15, 0.2) is 0 Å². The summed E-state index contributed by atoms with van der Waals surface area (Å²) in [5.41, 5.74) is 2.14. The van der Waals surface area contributed by atoms with Crippen molar-refractivity contribution in [3.8, 4) is 0 Å². The molecule has 2 amide bonds. The van der Waals surface area contributed by atoms with E-state index in [2.05, 4.69) is 10.6 Å². The van der Waals surface area contributed by atoms with Crippen molar-refractivity contribution in [2.24, 2.45) is 0 Å². The third kappa shape index (κ3) is 6.67. The lowest BCUT2D eigenvalue weighted by atomic mass is 10.1. The smallest absolute Gasteiger partial charge is 0.319 e. The third-order valence-corrected chi connectivity index (χ3v) is 6.37. The second-order valence-electron chi connectivity index (χ2n) is 7.78. The molecule has 0 bridgehead atoms. The molecule has 0 saturated heterocycles. The number of sulfonamides is 1. The largest absolute Gasteiger partial charge is 0.377 e. The zero-order valence-corrected chi connectivity index (χ0v) is 19.5. The maximum atomic E-state index is 13.3. The summed E-state index contributed by atoms with van der Waals surface area (Å²) < 4.78 is 41.1. The minimum Gasteiger partial charge on any atom is -0.377 e. The van der Waals surface area contributed by atoms with Gasteiger partial charge in [0.2, 0.25) is 10.0 Å². The number of hydrogen-bond acceptors (Lipinski definition) is 4. The Balaban J connectivity index is 2.39. The van der Waals surface area contributed by atoms with Gasteiger partial charge in [-0.05, 0) is 68.3 Å². The van der Waals surface area contributed by atoms with Crippen molar-refractivity contribution in [2.75, 3.05) is 30.9 Å². The first-order valence-corrected chi connectivity index (χ1v) is 11.6. The van der Waals surface area contributed by atoms with Crippen LogP contribution in [0.2, 0.25) is 0 Å². The Morgan fingerprint density at radius 3 is 2.29 bits per heavy atom. The van der Waals surface area contributed by atoms with Crippen molar-refractivity contribution in [1.29, 1.82) is 0 Å². The topological polar surface area (TPSA) is 81.8 Å². The van der Waals surface area contributed by atoms with Gasteiger partial charge in [0.1, 0.15) is 5.82 Å². The van der Waals surface area contributed by atoms with E-state index in [9.17, 15) is 17.6 Å². The first-order chi connectivity index (χ1) is 14.5. The standard InChI is InChI=1S/C22H31FN4O3S/c1-6-13-27(31(29,30)20-10-7-18(23)8-11-20)15-17-14-19(9-12-21(17)26(4)5)25-22(28)24-16(2)3/h7-12,14,16H,6,13,15H2,1-5H3,(H2,24,25,28). The number of carbonyl (C=O) groups excluding carboxylic acids is 1. The van der Waals surface area contributed by atoms with Crippen LogP contribution in [-0.4, -0.2) is 45.4 Å². The fourth-order valence-corrected chi connectivity index (χ4v) is 4.64. The molecule has 0 heterocycles. The number of nitrogens with one attached hydrogen (secondary N) is 2. The van der Waals surface area contributed by atoms with Crippen LogP contribution in [0.5, 0.6) is 0 Å². The Hall–Kier alpha value is -2.65. The number of carbonyl (C=O) groups is 1. The van der Waals surface area contributed by atoms with Gasteiger partial charge in [0.05, 0.1) is 4.90 Å². The van der Waals surface area contributed by atoms with E-state index >= 15 is 0 Å². The molecule has 7 nitrogen and oxygen atoms in total. The molecule has 2 aromatic rings. The van der Waals surface area contributed by atoms with E-state index in [0.717, 1.165) is 23.4 Å². The second kappa shape index (κ2) is 10.6. The molecule has 0 spiro atoms. The summed E-state index contributed by atoms with van der Waals surface area (Å²) >= 11 is 0. The Morgan fingerprint density at radius 1 is 1.10 bits per heavy atom. The monoisotopic (exact) mass is 450 g/mol. The van der Waals surface area contributed by atoms with Crippen molar-refractivity contribution < 1.29 is 17.6 Å². The van der Waals surface area contributed by atoms with E-state index in [1.165, 1.54) is 16.4 Å². The Bertz CT molecular complexity index is 992. The van der Waals surface area contributed by atoms with Gasteiger partial charge < -0.3 is 15.5 Å².